The minimum atomic E-state index is -0.899. The van der Waals surface area contributed by atoms with Crippen molar-refractivity contribution in [3.05, 3.63) is 16.0 Å². The number of urea groups is 1. The van der Waals surface area contributed by atoms with Gasteiger partial charge in [0.1, 0.15) is 17.1 Å². The molecule has 0 radical (unpaired) electrons. The molecule has 0 unspecified atom stereocenters. The van der Waals surface area contributed by atoms with Crippen molar-refractivity contribution in [3.63, 3.8) is 0 Å². The monoisotopic (exact) mass is 461 g/mol. The van der Waals surface area contributed by atoms with Gasteiger partial charge < -0.3 is 15.4 Å². The van der Waals surface area contributed by atoms with Gasteiger partial charge in [-0.3, -0.25) is 14.5 Å². The van der Waals surface area contributed by atoms with Gasteiger partial charge in [0.05, 0.1) is 12.2 Å². The first-order valence-electron chi connectivity index (χ1n) is 11.5. The second-order valence-electron chi connectivity index (χ2n) is 9.26. The Bertz CT molecular complexity index is 958. The highest BCUT2D eigenvalue weighted by atomic mass is 32.1. The lowest BCUT2D eigenvalue weighted by Crippen LogP contribution is -2.54. The van der Waals surface area contributed by atoms with Crippen molar-refractivity contribution in [1.82, 2.24) is 10.2 Å². The number of hydrogen-bond acceptors (Lipinski definition) is 6. The molecule has 2 heterocycles. The Morgan fingerprint density at radius 1 is 1.25 bits per heavy atom. The first kappa shape index (κ1) is 22.8. The smallest absolute Gasteiger partial charge is 0.341 e. The van der Waals surface area contributed by atoms with Crippen molar-refractivity contribution in [1.29, 1.82) is 0 Å². The molecule has 2 fully saturated rings. The molecular weight excluding hydrogens is 430 g/mol. The van der Waals surface area contributed by atoms with Crippen LogP contribution in [0, 0.1) is 11.8 Å². The molecule has 1 spiro atoms. The lowest BCUT2D eigenvalue weighted by atomic mass is 9.73. The fourth-order valence-corrected chi connectivity index (χ4v) is 6.62. The third-order valence-electron chi connectivity index (χ3n) is 7.05. The second-order valence-corrected chi connectivity index (χ2v) is 10.4. The summed E-state index contributed by atoms with van der Waals surface area (Å²) in [5, 5.41) is 6.11. The number of hydrogen-bond donors (Lipinski definition) is 2. The predicted molar refractivity (Wildman–Crippen MR) is 121 cm³/mol. The third kappa shape index (κ3) is 3.91. The molecule has 1 aromatic rings. The Kier molecular flexibility index (Phi) is 6.29. The number of esters is 1. The van der Waals surface area contributed by atoms with Gasteiger partial charge in [0.15, 0.2) is 0 Å². The highest BCUT2D eigenvalue weighted by Crippen LogP contribution is 2.41. The maximum atomic E-state index is 13.1. The number of nitrogens with zero attached hydrogens (tertiary/aromatic N) is 1. The minimum Gasteiger partial charge on any atom is -0.462 e. The van der Waals surface area contributed by atoms with Gasteiger partial charge in [-0.1, -0.05) is 26.7 Å². The van der Waals surface area contributed by atoms with Crippen LogP contribution in [0.1, 0.15) is 73.7 Å². The number of anilines is 1. The van der Waals surface area contributed by atoms with Gasteiger partial charge in [-0.05, 0) is 56.4 Å². The fourth-order valence-electron chi connectivity index (χ4n) is 5.21. The zero-order chi connectivity index (χ0) is 23.0. The normalized spacial score (nSPS) is 27.3. The van der Waals surface area contributed by atoms with E-state index in [0.29, 0.717) is 22.9 Å². The predicted octanol–water partition coefficient (Wildman–Crippen LogP) is 3.49. The average molecular weight is 462 g/mol. The van der Waals surface area contributed by atoms with Crippen LogP contribution in [0.5, 0.6) is 0 Å². The van der Waals surface area contributed by atoms with Crippen LogP contribution in [-0.2, 0) is 27.2 Å². The molecule has 2 N–H and O–H groups in total. The van der Waals surface area contributed by atoms with E-state index < -0.39 is 23.4 Å². The third-order valence-corrected chi connectivity index (χ3v) is 8.22. The largest absolute Gasteiger partial charge is 0.462 e. The zero-order valence-electron chi connectivity index (χ0n) is 18.9. The van der Waals surface area contributed by atoms with E-state index in [9.17, 15) is 19.2 Å². The molecule has 0 bridgehead atoms. The molecule has 0 aromatic carbocycles. The number of amides is 4. The topological polar surface area (TPSA) is 105 Å². The van der Waals surface area contributed by atoms with Crippen molar-refractivity contribution in [3.8, 4) is 0 Å². The van der Waals surface area contributed by atoms with Gasteiger partial charge in [-0.25, -0.2) is 9.59 Å². The van der Waals surface area contributed by atoms with E-state index in [1.807, 2.05) is 6.92 Å². The quantitative estimate of drug-likeness (QED) is 0.516. The van der Waals surface area contributed by atoms with Crippen molar-refractivity contribution in [2.24, 2.45) is 11.8 Å². The molecular formula is C23H31N3O5S. The molecule has 2 aliphatic carbocycles. The molecule has 9 heteroatoms. The fraction of sp³-hybridized carbons (Fsp3) is 0.652. The molecule has 4 amide bonds. The van der Waals surface area contributed by atoms with Gasteiger partial charge >= 0.3 is 12.0 Å². The summed E-state index contributed by atoms with van der Waals surface area (Å²) in [6.45, 7) is 5.77. The van der Waals surface area contributed by atoms with Crippen LogP contribution in [-0.4, -0.2) is 47.4 Å². The van der Waals surface area contributed by atoms with E-state index in [1.165, 1.54) is 11.3 Å². The number of thiophene rings is 1. The van der Waals surface area contributed by atoms with Crippen LogP contribution < -0.4 is 10.6 Å². The van der Waals surface area contributed by atoms with Crippen LogP contribution >= 0.6 is 11.3 Å². The molecule has 3 aliphatic rings. The first-order chi connectivity index (χ1) is 15.3. The van der Waals surface area contributed by atoms with Gasteiger partial charge in [0.2, 0.25) is 5.91 Å². The van der Waals surface area contributed by atoms with E-state index in [-0.39, 0.29) is 25.0 Å². The number of carbonyl (C=O) groups is 4. The van der Waals surface area contributed by atoms with Crippen LogP contribution in [0.15, 0.2) is 0 Å². The number of rotatable bonds is 5. The molecule has 32 heavy (non-hydrogen) atoms. The standard InChI is InChI=1S/C23H31N3O5S/c1-4-31-20(28)18-15-9-8-13(2)11-16(15)32-19(18)24-17(27)12-26-21(29)23(25-22(26)30)10-6-5-7-14(23)3/h13-14H,4-12H2,1-3H3,(H,24,27)(H,25,30)/t13-,14+,23-/m0/s1. The highest BCUT2D eigenvalue weighted by molar-refractivity contribution is 7.17. The summed E-state index contributed by atoms with van der Waals surface area (Å²) in [5.74, 6) is -0.720. The summed E-state index contributed by atoms with van der Waals surface area (Å²) in [6.07, 6.45) is 5.98. The lowest BCUT2D eigenvalue weighted by Gasteiger charge is -2.36. The summed E-state index contributed by atoms with van der Waals surface area (Å²) in [6, 6.07) is -0.524. The van der Waals surface area contributed by atoms with E-state index in [0.717, 1.165) is 53.9 Å². The van der Waals surface area contributed by atoms with Gasteiger partial charge in [-0.2, -0.15) is 0 Å². The number of ether oxygens (including phenoxy) is 1. The van der Waals surface area contributed by atoms with Crippen molar-refractivity contribution >= 4 is 40.2 Å². The number of imide groups is 1. The van der Waals surface area contributed by atoms with E-state index in [4.69, 9.17) is 4.74 Å². The Morgan fingerprint density at radius 2 is 2.03 bits per heavy atom. The SMILES string of the molecule is CCOC(=O)c1c(NC(=O)CN2C(=O)N[C@]3(CCCC[C@H]3C)C2=O)sc2c1CC[C@H](C)C2. The summed E-state index contributed by atoms with van der Waals surface area (Å²) in [7, 11) is 0. The zero-order valence-corrected chi connectivity index (χ0v) is 19.7. The molecule has 3 atom stereocenters. The highest BCUT2D eigenvalue weighted by Gasteiger charge is 2.55. The first-order valence-corrected chi connectivity index (χ1v) is 12.3. The molecule has 1 aromatic heterocycles. The van der Waals surface area contributed by atoms with Gasteiger partial charge in [-0.15, -0.1) is 11.3 Å². The molecule has 1 saturated carbocycles. The number of nitrogens with one attached hydrogen (secondary N) is 2. The summed E-state index contributed by atoms with van der Waals surface area (Å²) in [4.78, 5) is 53.4. The molecule has 8 nitrogen and oxygen atoms in total. The maximum Gasteiger partial charge on any atom is 0.341 e. The molecule has 1 aliphatic heterocycles. The van der Waals surface area contributed by atoms with E-state index >= 15 is 0 Å². The van der Waals surface area contributed by atoms with Gasteiger partial charge in [0, 0.05) is 4.88 Å². The van der Waals surface area contributed by atoms with E-state index in [1.54, 1.807) is 6.92 Å². The summed E-state index contributed by atoms with van der Waals surface area (Å²) < 4.78 is 5.24. The van der Waals surface area contributed by atoms with Crippen LogP contribution in [0.4, 0.5) is 9.80 Å². The van der Waals surface area contributed by atoms with Crippen molar-refractivity contribution in [2.75, 3.05) is 18.5 Å². The Hall–Kier alpha value is -2.42. The summed E-state index contributed by atoms with van der Waals surface area (Å²) >= 11 is 1.39. The van der Waals surface area contributed by atoms with Crippen molar-refractivity contribution < 1.29 is 23.9 Å². The van der Waals surface area contributed by atoms with Gasteiger partial charge in [0.25, 0.3) is 5.91 Å². The minimum absolute atomic E-state index is 0.0298. The Labute approximate surface area is 192 Å². The maximum absolute atomic E-state index is 13.1. The Balaban J connectivity index is 1.53. The van der Waals surface area contributed by atoms with Crippen LogP contribution in [0.2, 0.25) is 0 Å². The van der Waals surface area contributed by atoms with Crippen LogP contribution in [0.25, 0.3) is 0 Å². The molecule has 4 rings (SSSR count). The lowest BCUT2D eigenvalue weighted by molar-refractivity contribution is -0.136. The number of fused-ring (bicyclic) bond motifs is 1. The van der Waals surface area contributed by atoms with E-state index in [2.05, 4.69) is 17.6 Å². The van der Waals surface area contributed by atoms with Crippen molar-refractivity contribution in [2.45, 2.75) is 71.3 Å². The molecule has 1 saturated heterocycles. The number of carbonyl (C=O) groups excluding carboxylic acids is 4. The Morgan fingerprint density at radius 3 is 2.75 bits per heavy atom. The molecule has 174 valence electrons. The summed E-state index contributed by atoms with van der Waals surface area (Å²) in [5.41, 5.74) is 0.470. The van der Waals surface area contributed by atoms with Crippen LogP contribution in [0.3, 0.4) is 0 Å². The second kappa shape index (κ2) is 8.84. The average Bonchev–Trinajstić information content (AvgIpc) is 3.20.